The van der Waals surface area contributed by atoms with Crippen LogP contribution in [0.25, 0.3) is 0 Å². The van der Waals surface area contributed by atoms with Crippen LogP contribution in [-0.4, -0.2) is 38.7 Å². The van der Waals surface area contributed by atoms with Crippen LogP contribution in [0.15, 0.2) is 0 Å². The van der Waals surface area contributed by atoms with Crippen LogP contribution in [0.3, 0.4) is 0 Å². The second-order valence-electron chi connectivity index (χ2n) is 6.87. The molecule has 3 fully saturated rings. The van der Waals surface area contributed by atoms with Gasteiger partial charge in [-0.05, 0) is 12.3 Å². The molecular formula is C13H17N3O7. The van der Waals surface area contributed by atoms with Gasteiger partial charge in [-0.25, -0.2) is 0 Å². The molecule has 3 aliphatic carbocycles. The molecule has 126 valence electrons. The van der Waals surface area contributed by atoms with Gasteiger partial charge in [0.1, 0.15) is 5.78 Å². The van der Waals surface area contributed by atoms with Crippen LogP contribution in [0.2, 0.25) is 0 Å². The third-order valence-electron chi connectivity index (χ3n) is 5.92. The van der Waals surface area contributed by atoms with E-state index in [1.54, 1.807) is 0 Å². The van der Waals surface area contributed by atoms with E-state index in [4.69, 9.17) is 0 Å². The number of nitrogens with zero attached hydrogens (tertiary/aromatic N) is 3. The highest BCUT2D eigenvalue weighted by atomic mass is 16.6. The molecule has 0 radical (unpaired) electrons. The molecule has 0 amide bonds. The van der Waals surface area contributed by atoms with Crippen molar-refractivity contribution < 1.29 is 19.6 Å². The van der Waals surface area contributed by atoms with Crippen molar-refractivity contribution in [3.05, 3.63) is 30.3 Å². The van der Waals surface area contributed by atoms with E-state index in [2.05, 4.69) is 0 Å². The molecule has 3 saturated carbocycles. The smallest absolute Gasteiger partial charge is 0.223 e. The summed E-state index contributed by atoms with van der Waals surface area (Å²) in [6.45, 7) is 0. The van der Waals surface area contributed by atoms with Gasteiger partial charge in [0.2, 0.25) is 18.1 Å². The fourth-order valence-electron chi connectivity index (χ4n) is 4.96. The number of rotatable bonds is 3. The van der Waals surface area contributed by atoms with Gasteiger partial charge in [0.15, 0.2) is 0 Å². The summed E-state index contributed by atoms with van der Waals surface area (Å²) in [7, 11) is 0. The van der Waals surface area contributed by atoms with Crippen molar-refractivity contribution in [2.45, 2.75) is 50.2 Å². The molecule has 7 unspecified atom stereocenters. The van der Waals surface area contributed by atoms with Crippen molar-refractivity contribution in [3.63, 3.8) is 0 Å². The van der Waals surface area contributed by atoms with E-state index in [9.17, 15) is 35.1 Å². The third-order valence-corrected chi connectivity index (χ3v) is 5.92. The Morgan fingerprint density at radius 1 is 0.783 bits per heavy atom. The summed E-state index contributed by atoms with van der Waals surface area (Å²) >= 11 is 0. The zero-order valence-electron chi connectivity index (χ0n) is 12.3. The van der Waals surface area contributed by atoms with E-state index in [1.807, 2.05) is 0 Å². The molecule has 0 N–H and O–H groups in total. The number of carbonyl (C=O) groups is 1. The fourth-order valence-corrected chi connectivity index (χ4v) is 4.96. The minimum atomic E-state index is -1.10. The molecule has 10 nitrogen and oxygen atoms in total. The third kappa shape index (κ3) is 2.45. The summed E-state index contributed by atoms with van der Waals surface area (Å²) < 4.78 is 0. The van der Waals surface area contributed by atoms with Crippen LogP contribution in [0.4, 0.5) is 0 Å². The first-order valence-electron chi connectivity index (χ1n) is 7.75. The highest BCUT2D eigenvalue weighted by Crippen LogP contribution is 2.53. The zero-order chi connectivity index (χ0) is 16.9. The Labute approximate surface area is 130 Å². The predicted molar refractivity (Wildman–Crippen MR) is 74.4 cm³/mol. The molecule has 3 rings (SSSR count). The Morgan fingerprint density at radius 3 is 1.96 bits per heavy atom. The number of fused-ring (bicyclic) bond motifs is 3. The quantitative estimate of drug-likeness (QED) is 0.553. The number of hydrogen-bond donors (Lipinski definition) is 0. The van der Waals surface area contributed by atoms with E-state index in [1.165, 1.54) is 0 Å². The van der Waals surface area contributed by atoms with E-state index in [-0.39, 0.29) is 31.0 Å². The van der Waals surface area contributed by atoms with Gasteiger partial charge < -0.3 is 0 Å². The first-order valence-corrected chi connectivity index (χ1v) is 7.75. The zero-order valence-corrected chi connectivity index (χ0v) is 12.3. The molecule has 0 spiro atoms. The fraction of sp³-hybridized carbons (Fsp3) is 0.923. The lowest BCUT2D eigenvalue weighted by Gasteiger charge is -2.34. The molecule has 0 aromatic heterocycles. The maximum absolute atomic E-state index is 12.6. The van der Waals surface area contributed by atoms with Crippen LogP contribution >= 0.6 is 0 Å². The molecule has 7 atom stereocenters. The lowest BCUT2D eigenvalue weighted by atomic mass is 9.69. The Balaban J connectivity index is 1.90. The minimum Gasteiger partial charge on any atom is -0.299 e. The van der Waals surface area contributed by atoms with Crippen LogP contribution < -0.4 is 0 Å². The molecule has 0 aromatic carbocycles. The molecule has 0 bridgehead atoms. The monoisotopic (exact) mass is 327 g/mol. The van der Waals surface area contributed by atoms with Gasteiger partial charge >= 0.3 is 0 Å². The lowest BCUT2D eigenvalue weighted by molar-refractivity contribution is -0.577. The van der Waals surface area contributed by atoms with Crippen molar-refractivity contribution in [2.24, 2.45) is 23.7 Å². The van der Waals surface area contributed by atoms with E-state index in [0.717, 1.165) is 0 Å². The SMILES string of the molecule is O=C1C2CC([N+](=O)[O-])CCC2C2C1CC([N+](=O)[O-])CC2[N+](=O)[O-]. The van der Waals surface area contributed by atoms with Crippen LogP contribution in [0.1, 0.15) is 32.1 Å². The van der Waals surface area contributed by atoms with E-state index >= 15 is 0 Å². The highest BCUT2D eigenvalue weighted by molar-refractivity contribution is 5.87. The van der Waals surface area contributed by atoms with Gasteiger partial charge in [0.25, 0.3) is 0 Å². The van der Waals surface area contributed by atoms with E-state index < -0.39 is 50.6 Å². The van der Waals surface area contributed by atoms with Gasteiger partial charge in [-0.3, -0.25) is 35.1 Å². The van der Waals surface area contributed by atoms with Gasteiger partial charge in [0, 0.05) is 51.8 Å². The molecule has 3 aliphatic rings. The molecule has 0 aliphatic heterocycles. The van der Waals surface area contributed by atoms with Crippen molar-refractivity contribution in [1.29, 1.82) is 0 Å². The van der Waals surface area contributed by atoms with Crippen LogP contribution in [-0.2, 0) is 4.79 Å². The van der Waals surface area contributed by atoms with Crippen molar-refractivity contribution >= 4 is 5.78 Å². The molecular weight excluding hydrogens is 310 g/mol. The first-order chi connectivity index (χ1) is 10.8. The number of ketones is 1. The largest absolute Gasteiger partial charge is 0.299 e. The second-order valence-corrected chi connectivity index (χ2v) is 6.87. The van der Waals surface area contributed by atoms with Crippen molar-refractivity contribution in [1.82, 2.24) is 0 Å². The maximum Gasteiger partial charge on any atom is 0.223 e. The topological polar surface area (TPSA) is 146 Å². The summed E-state index contributed by atoms with van der Waals surface area (Å²) in [5.41, 5.74) is 0. The average Bonchev–Trinajstić information content (AvgIpc) is 2.79. The summed E-state index contributed by atoms with van der Waals surface area (Å²) in [5.74, 6) is -2.24. The normalized spacial score (nSPS) is 42.6. The summed E-state index contributed by atoms with van der Waals surface area (Å²) in [6.07, 6.45) is 0.703. The minimum absolute atomic E-state index is 0.0248. The predicted octanol–water partition coefficient (Wildman–Crippen LogP) is 0.948. The van der Waals surface area contributed by atoms with Crippen LogP contribution in [0.5, 0.6) is 0 Å². The second kappa shape index (κ2) is 5.50. The van der Waals surface area contributed by atoms with Gasteiger partial charge in [-0.1, -0.05) is 0 Å². The molecule has 0 saturated heterocycles. The summed E-state index contributed by atoms with van der Waals surface area (Å²) in [4.78, 5) is 44.6. The molecule has 0 aromatic rings. The van der Waals surface area contributed by atoms with Crippen molar-refractivity contribution in [2.75, 3.05) is 0 Å². The lowest BCUT2D eigenvalue weighted by Crippen LogP contribution is -2.47. The maximum atomic E-state index is 12.6. The number of Topliss-reactive ketones (excluding diaryl/α,β-unsaturated/α-hetero) is 1. The Hall–Kier alpha value is -2.13. The average molecular weight is 327 g/mol. The van der Waals surface area contributed by atoms with Gasteiger partial charge in [-0.2, -0.15) is 0 Å². The molecule has 10 heteroatoms. The number of hydrogen-bond acceptors (Lipinski definition) is 7. The number of carbonyl (C=O) groups excluding carboxylic acids is 1. The Kier molecular flexibility index (Phi) is 3.77. The highest BCUT2D eigenvalue weighted by Gasteiger charge is 2.62. The Bertz CT molecular complexity index is 580. The van der Waals surface area contributed by atoms with Gasteiger partial charge in [0.05, 0.1) is 6.42 Å². The summed E-state index contributed by atoms with van der Waals surface area (Å²) in [6, 6.07) is -2.97. The first kappa shape index (κ1) is 15.8. The standard InChI is InChI=1S/C13H17N3O7/c17-13-9-3-6(14(18)19)1-2-8(9)12-10(13)4-7(15(20)21)5-11(12)16(22)23/h6-12H,1-5H2. The molecule has 23 heavy (non-hydrogen) atoms. The summed E-state index contributed by atoms with van der Waals surface area (Å²) in [5, 5.41) is 33.4. The Morgan fingerprint density at radius 2 is 1.39 bits per heavy atom. The van der Waals surface area contributed by atoms with Crippen molar-refractivity contribution in [3.8, 4) is 0 Å². The van der Waals surface area contributed by atoms with Crippen LogP contribution in [0, 0.1) is 54.0 Å². The molecule has 0 heterocycles. The van der Waals surface area contributed by atoms with Gasteiger partial charge in [-0.15, -0.1) is 0 Å². The number of nitro groups is 3. The van der Waals surface area contributed by atoms with E-state index in [0.29, 0.717) is 12.8 Å².